The zero-order chi connectivity index (χ0) is 24.6. The van der Waals surface area contributed by atoms with Gasteiger partial charge in [-0.1, -0.05) is 66.2 Å². The van der Waals surface area contributed by atoms with E-state index >= 15 is 0 Å². The standard InChI is InChI=1S/C28H30ClN3O3/c1-20-25(28(29)32(31-20)24-11-7-4-8-12-24)19-35-26-14-13-22(16-27(26)34-2)17-30-23(18-33)15-21-9-5-3-6-10-21/h3-14,16,23,30,33H,15,17-19H2,1-2H3/t23-/m1/s1. The number of benzene rings is 3. The molecule has 0 spiro atoms. The third-order valence-corrected chi connectivity index (χ3v) is 6.25. The minimum absolute atomic E-state index is 0.0365. The van der Waals surface area contributed by atoms with Crippen LogP contribution in [0.2, 0.25) is 5.15 Å². The molecule has 0 aliphatic carbocycles. The molecule has 1 heterocycles. The first-order chi connectivity index (χ1) is 17.1. The van der Waals surface area contributed by atoms with Crippen molar-refractivity contribution >= 4 is 11.6 Å². The number of aliphatic hydroxyl groups excluding tert-OH is 1. The number of aryl methyl sites for hydroxylation is 1. The number of nitrogens with one attached hydrogen (secondary N) is 1. The van der Waals surface area contributed by atoms with Gasteiger partial charge in [0, 0.05) is 18.2 Å². The van der Waals surface area contributed by atoms with Crippen molar-refractivity contribution in [1.29, 1.82) is 0 Å². The monoisotopic (exact) mass is 491 g/mol. The molecule has 7 heteroatoms. The van der Waals surface area contributed by atoms with E-state index in [9.17, 15) is 5.11 Å². The van der Waals surface area contributed by atoms with Gasteiger partial charge >= 0.3 is 0 Å². The van der Waals surface area contributed by atoms with Crippen LogP contribution in [0.15, 0.2) is 78.9 Å². The van der Waals surface area contributed by atoms with Crippen LogP contribution in [0.3, 0.4) is 0 Å². The van der Waals surface area contributed by atoms with E-state index < -0.39 is 0 Å². The highest BCUT2D eigenvalue weighted by Gasteiger charge is 2.16. The molecular weight excluding hydrogens is 462 g/mol. The number of para-hydroxylation sites is 1. The van der Waals surface area contributed by atoms with Gasteiger partial charge in [0.15, 0.2) is 11.5 Å². The fourth-order valence-electron chi connectivity index (χ4n) is 3.89. The van der Waals surface area contributed by atoms with Gasteiger partial charge in [-0.15, -0.1) is 0 Å². The second kappa shape index (κ2) is 11.9. The highest BCUT2D eigenvalue weighted by molar-refractivity contribution is 6.30. The molecule has 4 aromatic rings. The summed E-state index contributed by atoms with van der Waals surface area (Å²) in [5, 5.41) is 18.3. The molecule has 35 heavy (non-hydrogen) atoms. The number of hydrogen-bond donors (Lipinski definition) is 2. The highest BCUT2D eigenvalue weighted by atomic mass is 35.5. The summed E-state index contributed by atoms with van der Waals surface area (Å²) in [7, 11) is 1.62. The van der Waals surface area contributed by atoms with Crippen molar-refractivity contribution in [3.63, 3.8) is 0 Å². The van der Waals surface area contributed by atoms with Gasteiger partial charge in [0.1, 0.15) is 11.8 Å². The lowest BCUT2D eigenvalue weighted by Crippen LogP contribution is -2.34. The van der Waals surface area contributed by atoms with Crippen LogP contribution in [0.4, 0.5) is 0 Å². The quantitative estimate of drug-likeness (QED) is 0.305. The predicted molar refractivity (Wildman–Crippen MR) is 138 cm³/mol. The van der Waals surface area contributed by atoms with Crippen molar-refractivity contribution in [1.82, 2.24) is 15.1 Å². The maximum absolute atomic E-state index is 9.78. The average molecular weight is 492 g/mol. The summed E-state index contributed by atoms with van der Waals surface area (Å²) in [4.78, 5) is 0. The molecule has 1 atom stereocenters. The molecule has 2 N–H and O–H groups in total. The van der Waals surface area contributed by atoms with Crippen molar-refractivity contribution in [2.24, 2.45) is 0 Å². The second-order valence-corrected chi connectivity index (χ2v) is 8.68. The number of methoxy groups -OCH3 is 1. The van der Waals surface area contributed by atoms with Crippen LogP contribution in [0.5, 0.6) is 11.5 Å². The number of ether oxygens (including phenoxy) is 2. The van der Waals surface area contributed by atoms with E-state index in [0.29, 0.717) is 23.2 Å². The zero-order valence-electron chi connectivity index (χ0n) is 19.9. The fraction of sp³-hybridized carbons (Fsp3) is 0.250. The Bertz CT molecular complexity index is 1230. The maximum Gasteiger partial charge on any atom is 0.161 e. The van der Waals surface area contributed by atoms with Gasteiger partial charge in [-0.05, 0) is 48.7 Å². The summed E-state index contributed by atoms with van der Waals surface area (Å²) >= 11 is 6.63. The Morgan fingerprint density at radius 2 is 1.69 bits per heavy atom. The van der Waals surface area contributed by atoms with Crippen LogP contribution < -0.4 is 14.8 Å². The topological polar surface area (TPSA) is 68.5 Å². The van der Waals surface area contributed by atoms with E-state index in [4.69, 9.17) is 21.1 Å². The smallest absolute Gasteiger partial charge is 0.161 e. The molecule has 0 saturated carbocycles. The first-order valence-electron chi connectivity index (χ1n) is 11.6. The first-order valence-corrected chi connectivity index (χ1v) is 11.9. The maximum atomic E-state index is 9.78. The fourth-order valence-corrected chi connectivity index (χ4v) is 4.22. The zero-order valence-corrected chi connectivity index (χ0v) is 20.7. The Hall–Kier alpha value is -3.32. The van der Waals surface area contributed by atoms with Gasteiger partial charge in [-0.25, -0.2) is 4.68 Å². The summed E-state index contributed by atoms with van der Waals surface area (Å²) in [6.07, 6.45) is 0.756. The Morgan fingerprint density at radius 1 is 0.971 bits per heavy atom. The molecule has 6 nitrogen and oxygen atoms in total. The summed E-state index contributed by atoms with van der Waals surface area (Å²) in [5.41, 5.74) is 4.76. The molecule has 0 aliphatic heterocycles. The van der Waals surface area contributed by atoms with Crippen LogP contribution in [-0.2, 0) is 19.6 Å². The molecule has 3 aromatic carbocycles. The Balaban J connectivity index is 1.40. The minimum atomic E-state index is -0.0365. The predicted octanol–water partition coefficient (Wildman–Crippen LogP) is 5.11. The highest BCUT2D eigenvalue weighted by Crippen LogP contribution is 2.31. The van der Waals surface area contributed by atoms with Gasteiger partial charge in [-0.2, -0.15) is 5.10 Å². The van der Waals surface area contributed by atoms with Crippen LogP contribution in [-0.4, -0.2) is 34.6 Å². The van der Waals surface area contributed by atoms with Crippen LogP contribution >= 0.6 is 11.6 Å². The van der Waals surface area contributed by atoms with E-state index in [1.165, 1.54) is 5.56 Å². The van der Waals surface area contributed by atoms with Gasteiger partial charge in [0.2, 0.25) is 0 Å². The van der Waals surface area contributed by atoms with E-state index in [1.807, 2.05) is 73.7 Å². The normalized spacial score (nSPS) is 11.9. The number of halogens is 1. The van der Waals surface area contributed by atoms with Crippen LogP contribution in [0.25, 0.3) is 5.69 Å². The third kappa shape index (κ3) is 6.22. The van der Waals surface area contributed by atoms with Gasteiger partial charge in [0.05, 0.1) is 25.1 Å². The number of aliphatic hydroxyl groups is 1. The third-order valence-electron chi connectivity index (χ3n) is 5.86. The number of rotatable bonds is 11. The number of nitrogens with zero attached hydrogens (tertiary/aromatic N) is 2. The molecule has 0 saturated heterocycles. The largest absolute Gasteiger partial charge is 0.493 e. The van der Waals surface area contributed by atoms with Crippen molar-refractivity contribution in [2.75, 3.05) is 13.7 Å². The molecule has 182 valence electrons. The van der Waals surface area contributed by atoms with Crippen molar-refractivity contribution in [3.8, 4) is 17.2 Å². The molecule has 4 rings (SSSR count). The van der Waals surface area contributed by atoms with E-state index in [1.54, 1.807) is 11.8 Å². The van der Waals surface area contributed by atoms with Crippen molar-refractivity contribution in [2.45, 2.75) is 32.5 Å². The van der Waals surface area contributed by atoms with E-state index in [0.717, 1.165) is 28.9 Å². The molecular formula is C28H30ClN3O3. The average Bonchev–Trinajstić information content (AvgIpc) is 3.19. The first kappa shape index (κ1) is 24.8. The van der Waals surface area contributed by atoms with Gasteiger partial charge in [-0.3, -0.25) is 0 Å². The SMILES string of the molecule is COc1cc(CN[C@@H](CO)Cc2ccccc2)ccc1OCc1c(C)nn(-c2ccccc2)c1Cl. The second-order valence-electron chi connectivity index (χ2n) is 8.33. The molecule has 0 aliphatic rings. The number of hydrogen-bond acceptors (Lipinski definition) is 5. The van der Waals surface area contributed by atoms with Crippen LogP contribution in [0, 0.1) is 6.92 Å². The van der Waals surface area contributed by atoms with Gasteiger partial charge < -0.3 is 19.9 Å². The lowest BCUT2D eigenvalue weighted by atomic mass is 10.1. The van der Waals surface area contributed by atoms with E-state index in [-0.39, 0.29) is 19.3 Å². The van der Waals surface area contributed by atoms with Gasteiger partial charge in [0.25, 0.3) is 0 Å². The molecule has 0 radical (unpaired) electrons. The number of aromatic nitrogens is 2. The molecule has 0 bridgehead atoms. The minimum Gasteiger partial charge on any atom is -0.493 e. The van der Waals surface area contributed by atoms with Crippen LogP contribution in [0.1, 0.15) is 22.4 Å². The lowest BCUT2D eigenvalue weighted by molar-refractivity contribution is 0.240. The summed E-state index contributed by atoms with van der Waals surface area (Å²) in [6.45, 7) is 2.85. The Morgan fingerprint density at radius 3 is 2.37 bits per heavy atom. The van der Waals surface area contributed by atoms with Crippen molar-refractivity contribution < 1.29 is 14.6 Å². The van der Waals surface area contributed by atoms with Crippen molar-refractivity contribution in [3.05, 3.63) is 106 Å². The summed E-state index contributed by atoms with van der Waals surface area (Å²) in [6, 6.07) is 25.7. The molecule has 0 unspecified atom stereocenters. The molecule has 0 amide bonds. The summed E-state index contributed by atoms with van der Waals surface area (Å²) < 4.78 is 13.4. The lowest BCUT2D eigenvalue weighted by Gasteiger charge is -2.17. The Labute approximate surface area is 211 Å². The van der Waals surface area contributed by atoms with E-state index in [2.05, 4.69) is 22.5 Å². The summed E-state index contributed by atoms with van der Waals surface area (Å²) in [5.74, 6) is 1.26. The Kier molecular flexibility index (Phi) is 8.42. The molecule has 0 fully saturated rings. The molecule has 1 aromatic heterocycles.